The molecule has 0 aromatic heterocycles. The van der Waals surface area contributed by atoms with E-state index in [0.29, 0.717) is 6.04 Å². The summed E-state index contributed by atoms with van der Waals surface area (Å²) in [5.41, 5.74) is 10.9. The Morgan fingerprint density at radius 2 is 1.89 bits per heavy atom. The molecule has 0 saturated carbocycles. The van der Waals surface area contributed by atoms with E-state index in [1.54, 1.807) is 0 Å². The molecule has 0 bridgehead atoms. The predicted molar refractivity (Wildman–Crippen MR) is 81.2 cm³/mol. The normalized spacial score (nSPS) is 17.9. The largest absolute Gasteiger partial charge is 0.355 e. The molecule has 0 heterocycles. The van der Waals surface area contributed by atoms with Crippen LogP contribution < -0.4 is 11.1 Å². The Kier molecular flexibility index (Phi) is 3.45. The minimum Gasteiger partial charge on any atom is -0.355 e. The van der Waals surface area contributed by atoms with Gasteiger partial charge in [0.1, 0.15) is 0 Å². The molecule has 98 valence electrons. The number of nitrogens with one attached hydrogen (secondary N) is 1. The molecule has 3 heteroatoms. The summed E-state index contributed by atoms with van der Waals surface area (Å²) in [5.74, 6) is 0. The maximum Gasteiger partial charge on any atom is 0.0426 e. The van der Waals surface area contributed by atoms with Gasteiger partial charge in [-0.25, -0.2) is 0 Å². The average Bonchev–Trinajstić information content (AvgIpc) is 2.39. The molecule has 3 rings (SSSR count). The quantitative estimate of drug-likeness (QED) is 0.870. The lowest BCUT2D eigenvalue weighted by Crippen LogP contribution is -2.27. The van der Waals surface area contributed by atoms with Crippen LogP contribution in [0, 0.1) is 0 Å². The Bertz CT molecular complexity index is 595. The molecule has 3 N–H and O–H groups in total. The number of nitrogens with two attached hydrogens (primary N) is 1. The number of hydrogen-bond donors (Lipinski definition) is 2. The van der Waals surface area contributed by atoms with Gasteiger partial charge in [-0.1, -0.05) is 23.7 Å². The van der Waals surface area contributed by atoms with Gasteiger partial charge in [0.25, 0.3) is 0 Å². The van der Waals surface area contributed by atoms with E-state index in [1.807, 2.05) is 24.3 Å². The molecule has 0 spiro atoms. The number of rotatable bonds is 2. The van der Waals surface area contributed by atoms with Crippen molar-refractivity contribution in [3.8, 4) is 0 Å². The van der Waals surface area contributed by atoms with Gasteiger partial charge in [0.2, 0.25) is 0 Å². The summed E-state index contributed by atoms with van der Waals surface area (Å²) in [6, 6.07) is 14.6. The molecule has 2 aromatic rings. The second-order valence-electron chi connectivity index (χ2n) is 5.12. The van der Waals surface area contributed by atoms with Gasteiger partial charge in [-0.2, -0.15) is 0 Å². The monoisotopic (exact) mass is 272 g/mol. The first-order valence-corrected chi connectivity index (χ1v) is 6.98. The molecule has 1 aliphatic rings. The topological polar surface area (TPSA) is 38.0 Å². The molecule has 1 aliphatic carbocycles. The van der Waals surface area contributed by atoms with Crippen LogP contribution in [0.15, 0.2) is 42.5 Å². The van der Waals surface area contributed by atoms with Crippen molar-refractivity contribution in [2.45, 2.75) is 25.3 Å². The van der Waals surface area contributed by atoms with Crippen molar-refractivity contribution in [1.29, 1.82) is 0 Å². The van der Waals surface area contributed by atoms with E-state index in [4.69, 9.17) is 17.3 Å². The molecule has 2 aromatic carbocycles. The third kappa shape index (κ3) is 2.91. The molecule has 0 fully saturated rings. The van der Waals surface area contributed by atoms with Gasteiger partial charge in [-0.3, -0.25) is 0 Å². The number of aryl methyl sites for hydroxylation is 1. The summed E-state index contributed by atoms with van der Waals surface area (Å²) in [6.07, 6.45) is 3.14. The van der Waals surface area contributed by atoms with Crippen molar-refractivity contribution in [3.05, 3.63) is 58.6 Å². The maximum absolute atomic E-state index is 6.00. The molecular weight excluding hydrogens is 256 g/mol. The molecule has 2 nitrogen and oxygen atoms in total. The molecule has 0 amide bonds. The summed E-state index contributed by atoms with van der Waals surface area (Å²) < 4.78 is 0. The lowest BCUT2D eigenvalue weighted by atomic mass is 9.88. The van der Waals surface area contributed by atoms with Gasteiger partial charge in [0.05, 0.1) is 0 Å². The van der Waals surface area contributed by atoms with E-state index in [1.165, 1.54) is 11.1 Å². The fraction of sp³-hybridized carbons (Fsp3) is 0.250. The summed E-state index contributed by atoms with van der Waals surface area (Å²) in [4.78, 5) is 0. The van der Waals surface area contributed by atoms with Gasteiger partial charge in [-0.15, -0.1) is 0 Å². The van der Waals surface area contributed by atoms with Crippen LogP contribution in [0.3, 0.4) is 0 Å². The summed E-state index contributed by atoms with van der Waals surface area (Å²) in [5, 5.41) is 4.13. The van der Waals surface area contributed by atoms with E-state index in [0.717, 1.165) is 35.7 Å². The number of fused-ring (bicyclic) bond motifs is 1. The number of anilines is 2. The lowest BCUT2D eigenvalue weighted by molar-refractivity contribution is 0.577. The van der Waals surface area contributed by atoms with Gasteiger partial charge >= 0.3 is 0 Å². The molecule has 0 aliphatic heterocycles. The van der Waals surface area contributed by atoms with Crippen LogP contribution in [0.2, 0.25) is 5.02 Å². The highest BCUT2D eigenvalue weighted by molar-refractivity contribution is 6.30. The Morgan fingerprint density at radius 1 is 1.05 bits per heavy atom. The number of benzene rings is 2. The van der Waals surface area contributed by atoms with E-state index < -0.39 is 0 Å². The molecule has 0 radical (unpaired) electrons. The minimum atomic E-state index is 0.319. The first kappa shape index (κ1) is 12.5. The van der Waals surface area contributed by atoms with Crippen molar-refractivity contribution >= 4 is 23.0 Å². The highest BCUT2D eigenvalue weighted by atomic mass is 35.5. The Balaban J connectivity index is 1.83. The maximum atomic E-state index is 6.00. The van der Waals surface area contributed by atoms with E-state index in [2.05, 4.69) is 23.5 Å². The highest BCUT2D eigenvalue weighted by Gasteiger charge is 2.15. The van der Waals surface area contributed by atoms with Crippen LogP contribution in [-0.2, 0) is 12.8 Å². The fourth-order valence-corrected chi connectivity index (χ4v) is 2.78. The van der Waals surface area contributed by atoms with Gasteiger partial charge in [-0.05, 0) is 60.7 Å². The van der Waals surface area contributed by atoms with Crippen LogP contribution in [0.4, 0.5) is 11.4 Å². The van der Waals surface area contributed by atoms with Gasteiger partial charge < -0.3 is 11.1 Å². The van der Waals surface area contributed by atoms with Gasteiger partial charge in [0.15, 0.2) is 0 Å². The van der Waals surface area contributed by atoms with Crippen LogP contribution in [0.25, 0.3) is 0 Å². The summed E-state index contributed by atoms with van der Waals surface area (Å²) in [6.45, 7) is 0. The third-order valence-electron chi connectivity index (χ3n) is 3.59. The van der Waals surface area contributed by atoms with Crippen molar-refractivity contribution < 1.29 is 0 Å². The SMILES string of the molecule is NC1CCc2cc(Nc3cccc(Cl)c3)ccc2C1. The zero-order valence-corrected chi connectivity index (χ0v) is 11.5. The van der Waals surface area contributed by atoms with E-state index in [-0.39, 0.29) is 0 Å². The Labute approximate surface area is 118 Å². The Morgan fingerprint density at radius 3 is 2.74 bits per heavy atom. The smallest absolute Gasteiger partial charge is 0.0426 e. The second kappa shape index (κ2) is 5.24. The van der Waals surface area contributed by atoms with Crippen molar-refractivity contribution in [3.63, 3.8) is 0 Å². The standard InChI is InChI=1S/C16H17ClN2/c17-13-2-1-3-15(10-13)19-16-7-5-11-8-14(18)6-4-12(11)9-16/h1-3,5,7,9-10,14,19H,4,6,8,18H2. The zero-order valence-electron chi connectivity index (χ0n) is 10.7. The van der Waals surface area contributed by atoms with Crippen LogP contribution in [-0.4, -0.2) is 6.04 Å². The second-order valence-corrected chi connectivity index (χ2v) is 5.56. The van der Waals surface area contributed by atoms with Crippen molar-refractivity contribution in [2.24, 2.45) is 5.73 Å². The fourth-order valence-electron chi connectivity index (χ4n) is 2.59. The summed E-state index contributed by atoms with van der Waals surface area (Å²) in [7, 11) is 0. The highest BCUT2D eigenvalue weighted by Crippen LogP contribution is 2.26. The van der Waals surface area contributed by atoms with E-state index >= 15 is 0 Å². The summed E-state index contributed by atoms with van der Waals surface area (Å²) >= 11 is 5.99. The Hall–Kier alpha value is -1.51. The molecule has 19 heavy (non-hydrogen) atoms. The first-order valence-electron chi connectivity index (χ1n) is 6.61. The van der Waals surface area contributed by atoms with E-state index in [9.17, 15) is 0 Å². The number of halogens is 1. The van der Waals surface area contributed by atoms with Crippen molar-refractivity contribution in [2.75, 3.05) is 5.32 Å². The average molecular weight is 273 g/mol. The van der Waals surface area contributed by atoms with Crippen LogP contribution >= 0.6 is 11.6 Å². The molecule has 1 atom stereocenters. The number of hydrogen-bond acceptors (Lipinski definition) is 2. The lowest BCUT2D eigenvalue weighted by Gasteiger charge is -2.22. The van der Waals surface area contributed by atoms with Crippen LogP contribution in [0.5, 0.6) is 0 Å². The van der Waals surface area contributed by atoms with Crippen molar-refractivity contribution in [1.82, 2.24) is 0 Å². The first-order chi connectivity index (χ1) is 9.20. The molecule has 1 unspecified atom stereocenters. The van der Waals surface area contributed by atoms with Crippen LogP contribution in [0.1, 0.15) is 17.5 Å². The predicted octanol–water partition coefficient (Wildman–Crippen LogP) is 3.90. The molecular formula is C16H17ClN2. The minimum absolute atomic E-state index is 0.319. The third-order valence-corrected chi connectivity index (χ3v) is 3.82. The van der Waals surface area contributed by atoms with Gasteiger partial charge in [0, 0.05) is 22.4 Å². The zero-order chi connectivity index (χ0) is 13.2. The molecule has 0 saturated heterocycles.